The third-order valence-electron chi connectivity index (χ3n) is 5.70. The molecule has 2 heterocycles. The Balaban J connectivity index is 1.38. The van der Waals surface area contributed by atoms with Crippen molar-refractivity contribution in [2.75, 3.05) is 13.2 Å². The van der Waals surface area contributed by atoms with Crippen LogP contribution < -0.4 is 5.32 Å². The highest BCUT2D eigenvalue weighted by molar-refractivity contribution is 5.83. The normalized spacial score (nSPS) is 17.4. The van der Waals surface area contributed by atoms with Crippen molar-refractivity contribution in [2.24, 2.45) is 5.92 Å². The Morgan fingerprint density at radius 3 is 2.89 bits per heavy atom. The van der Waals surface area contributed by atoms with E-state index in [0.717, 1.165) is 49.6 Å². The van der Waals surface area contributed by atoms with Crippen molar-refractivity contribution >= 4 is 5.91 Å². The van der Waals surface area contributed by atoms with Crippen molar-refractivity contribution in [2.45, 2.75) is 58.1 Å². The predicted molar refractivity (Wildman–Crippen MR) is 104 cm³/mol. The molecule has 0 spiro atoms. The summed E-state index contributed by atoms with van der Waals surface area (Å²) >= 11 is 0. The zero-order valence-corrected chi connectivity index (χ0v) is 16.1. The molecule has 1 amide bonds. The molecule has 5 heteroatoms. The number of nitrogens with zero attached hydrogens (tertiary/aromatic N) is 2. The third kappa shape index (κ3) is 4.24. The lowest BCUT2D eigenvalue weighted by Crippen LogP contribution is -2.31. The Morgan fingerprint density at radius 2 is 2.15 bits per heavy atom. The second-order valence-corrected chi connectivity index (χ2v) is 7.71. The van der Waals surface area contributed by atoms with Crippen LogP contribution in [0.5, 0.6) is 0 Å². The molecule has 1 aromatic heterocycles. The molecule has 1 unspecified atom stereocenters. The molecule has 27 heavy (non-hydrogen) atoms. The first-order valence-electron chi connectivity index (χ1n) is 10.2. The number of carbonyl (C=O) groups excluding carboxylic acids is 1. The van der Waals surface area contributed by atoms with Crippen molar-refractivity contribution in [1.82, 2.24) is 15.1 Å². The summed E-state index contributed by atoms with van der Waals surface area (Å²) in [5, 5.41) is 8.00. The number of nitrogens with one attached hydrogen (secondary N) is 1. The van der Waals surface area contributed by atoms with E-state index < -0.39 is 0 Å². The minimum atomic E-state index is -0.0872. The van der Waals surface area contributed by atoms with Crippen LogP contribution in [0.15, 0.2) is 30.3 Å². The topological polar surface area (TPSA) is 56.2 Å². The zero-order chi connectivity index (χ0) is 18.6. The van der Waals surface area contributed by atoms with E-state index in [1.54, 1.807) is 0 Å². The number of fused-ring (bicyclic) bond motifs is 1. The summed E-state index contributed by atoms with van der Waals surface area (Å²) in [6.45, 7) is 5.17. The van der Waals surface area contributed by atoms with Crippen LogP contribution in [0.3, 0.4) is 0 Å². The maximum atomic E-state index is 12.7. The van der Waals surface area contributed by atoms with Crippen LogP contribution in [0, 0.1) is 5.92 Å². The van der Waals surface area contributed by atoms with Crippen molar-refractivity contribution in [3.8, 4) is 0 Å². The number of ether oxygens (including phenoxy) is 1. The van der Waals surface area contributed by atoms with Crippen molar-refractivity contribution in [1.29, 1.82) is 0 Å². The molecule has 1 fully saturated rings. The molecule has 4 rings (SSSR count). The number of aromatic nitrogens is 2. The Bertz CT molecular complexity index is 780. The zero-order valence-electron chi connectivity index (χ0n) is 16.1. The van der Waals surface area contributed by atoms with Gasteiger partial charge < -0.3 is 10.1 Å². The molecule has 1 atom stereocenters. The van der Waals surface area contributed by atoms with E-state index in [9.17, 15) is 4.79 Å². The molecule has 2 aromatic rings. The molecule has 5 nitrogen and oxygen atoms in total. The van der Waals surface area contributed by atoms with Gasteiger partial charge >= 0.3 is 0 Å². The summed E-state index contributed by atoms with van der Waals surface area (Å²) in [6.07, 6.45) is 5.17. The van der Waals surface area contributed by atoms with Crippen LogP contribution in [-0.4, -0.2) is 28.8 Å². The molecular formula is C22H29N3O2. The summed E-state index contributed by atoms with van der Waals surface area (Å²) in [7, 11) is 0. The molecule has 1 saturated carbocycles. The van der Waals surface area contributed by atoms with Gasteiger partial charge in [0.2, 0.25) is 5.91 Å². The van der Waals surface area contributed by atoms with Crippen molar-refractivity contribution < 1.29 is 9.53 Å². The molecule has 1 N–H and O–H groups in total. The molecule has 144 valence electrons. The Labute approximate surface area is 161 Å². The smallest absolute Gasteiger partial charge is 0.227 e. The Hall–Kier alpha value is -2.14. The van der Waals surface area contributed by atoms with Gasteiger partial charge in [0.1, 0.15) is 0 Å². The van der Waals surface area contributed by atoms with E-state index in [-0.39, 0.29) is 11.8 Å². The lowest BCUT2D eigenvalue weighted by molar-refractivity contribution is -0.122. The van der Waals surface area contributed by atoms with Crippen molar-refractivity contribution in [3.05, 3.63) is 52.8 Å². The Morgan fingerprint density at radius 1 is 1.33 bits per heavy atom. The van der Waals surface area contributed by atoms with Gasteiger partial charge in [-0.05, 0) is 30.7 Å². The molecule has 0 radical (unpaired) electrons. The number of hydrogen-bond donors (Lipinski definition) is 1. The van der Waals surface area contributed by atoms with Crippen LogP contribution in [0.4, 0.5) is 0 Å². The second-order valence-electron chi connectivity index (χ2n) is 7.71. The SMILES string of the molecule is CCC(C(=O)NCCc1nn(CC2CC2)c2c1COCC2)c1ccccc1. The summed E-state index contributed by atoms with van der Waals surface area (Å²) < 4.78 is 7.88. The highest BCUT2D eigenvalue weighted by atomic mass is 16.5. The van der Waals surface area contributed by atoms with Gasteiger partial charge in [0.15, 0.2) is 0 Å². The maximum absolute atomic E-state index is 12.7. The molecule has 1 aliphatic carbocycles. The summed E-state index contributed by atoms with van der Waals surface area (Å²) in [5.41, 5.74) is 4.78. The molecule has 1 aliphatic heterocycles. The van der Waals surface area contributed by atoms with E-state index in [2.05, 4.69) is 16.9 Å². The van der Waals surface area contributed by atoms with Gasteiger partial charge in [-0.15, -0.1) is 0 Å². The summed E-state index contributed by atoms with van der Waals surface area (Å²) in [4.78, 5) is 12.7. The molecule has 0 saturated heterocycles. The number of rotatable bonds is 8. The minimum Gasteiger partial charge on any atom is -0.376 e. The second kappa shape index (κ2) is 8.26. The van der Waals surface area contributed by atoms with Crippen LogP contribution in [0.1, 0.15) is 54.6 Å². The average molecular weight is 367 g/mol. The highest BCUT2D eigenvalue weighted by Crippen LogP contribution is 2.32. The van der Waals surface area contributed by atoms with Crippen LogP contribution in [-0.2, 0) is 35.5 Å². The van der Waals surface area contributed by atoms with E-state index in [4.69, 9.17) is 9.84 Å². The van der Waals surface area contributed by atoms with Crippen LogP contribution in [0.2, 0.25) is 0 Å². The fraction of sp³-hybridized carbons (Fsp3) is 0.545. The van der Waals surface area contributed by atoms with Gasteiger partial charge in [-0.3, -0.25) is 9.48 Å². The highest BCUT2D eigenvalue weighted by Gasteiger charge is 2.27. The fourth-order valence-electron chi connectivity index (χ4n) is 3.96. The van der Waals surface area contributed by atoms with E-state index in [0.29, 0.717) is 13.2 Å². The number of hydrogen-bond acceptors (Lipinski definition) is 3. The van der Waals surface area contributed by atoms with Gasteiger partial charge in [0.05, 0.1) is 24.8 Å². The monoisotopic (exact) mass is 367 g/mol. The molecule has 1 aromatic carbocycles. The van der Waals surface area contributed by atoms with E-state index in [1.807, 2.05) is 30.3 Å². The molecule has 2 aliphatic rings. The quantitative estimate of drug-likeness (QED) is 0.779. The predicted octanol–water partition coefficient (Wildman–Crippen LogP) is 3.22. The first-order chi connectivity index (χ1) is 13.3. The first kappa shape index (κ1) is 18.2. The number of carbonyl (C=O) groups is 1. The van der Waals surface area contributed by atoms with Gasteiger partial charge in [-0.25, -0.2) is 0 Å². The summed E-state index contributed by atoms with van der Waals surface area (Å²) in [6, 6.07) is 10.0. The van der Waals surface area contributed by atoms with E-state index in [1.165, 1.54) is 24.1 Å². The first-order valence-corrected chi connectivity index (χ1v) is 10.2. The lowest BCUT2D eigenvalue weighted by atomic mass is 9.95. The maximum Gasteiger partial charge on any atom is 0.227 e. The van der Waals surface area contributed by atoms with Gasteiger partial charge in [0.25, 0.3) is 0 Å². The van der Waals surface area contributed by atoms with Gasteiger partial charge in [0, 0.05) is 37.2 Å². The lowest BCUT2D eigenvalue weighted by Gasteiger charge is -2.16. The number of benzene rings is 1. The van der Waals surface area contributed by atoms with E-state index >= 15 is 0 Å². The fourth-order valence-corrected chi connectivity index (χ4v) is 3.96. The Kier molecular flexibility index (Phi) is 5.58. The van der Waals surface area contributed by atoms with Crippen LogP contribution >= 0.6 is 0 Å². The molecular weight excluding hydrogens is 338 g/mol. The van der Waals surface area contributed by atoms with Gasteiger partial charge in [-0.2, -0.15) is 5.10 Å². The largest absolute Gasteiger partial charge is 0.376 e. The third-order valence-corrected chi connectivity index (χ3v) is 5.70. The molecule has 0 bridgehead atoms. The number of amides is 1. The van der Waals surface area contributed by atoms with Gasteiger partial charge in [-0.1, -0.05) is 37.3 Å². The average Bonchev–Trinajstić information content (AvgIpc) is 3.45. The minimum absolute atomic E-state index is 0.0872. The summed E-state index contributed by atoms with van der Waals surface area (Å²) in [5.74, 6) is 0.822. The van der Waals surface area contributed by atoms with Crippen molar-refractivity contribution in [3.63, 3.8) is 0 Å². The van der Waals surface area contributed by atoms with Crippen LogP contribution in [0.25, 0.3) is 0 Å². The standard InChI is InChI=1S/C22H29N3O2/c1-2-18(17-6-4-3-5-7-17)22(26)23-12-10-20-19-15-27-13-11-21(19)25(24-20)14-16-8-9-16/h3-7,16,18H,2,8-15H2,1H3,(H,23,26).